The van der Waals surface area contributed by atoms with E-state index in [0.717, 1.165) is 15.3 Å². The van der Waals surface area contributed by atoms with Crippen LogP contribution in [0.15, 0.2) is 28.6 Å². The molecule has 0 aliphatic carbocycles. The van der Waals surface area contributed by atoms with Crippen molar-refractivity contribution in [2.24, 2.45) is 0 Å². The Hall–Kier alpha value is -2.52. The Labute approximate surface area is 164 Å². The fourth-order valence-electron chi connectivity index (χ4n) is 2.60. The highest BCUT2D eigenvalue weighted by atomic mass is 32.1. The fraction of sp³-hybridized carbons (Fsp3) is 0.333. The number of fused-ring (bicyclic) bond motifs is 1. The lowest BCUT2D eigenvalue weighted by Crippen LogP contribution is -2.41. The standard InChI is InChI=1S/C18H20N4O3S2/c1-10(2)21-14(23)6-19-15(24)7-22-9-20-17-16(18(22)25)12(8-26-17)13-5-4-11(3)27-13/h4-5,8-10H,6-7H2,1-3H3,(H,19,24)(H,21,23). The Bertz CT molecular complexity index is 1050. The number of nitrogens with zero attached hydrogens (tertiary/aromatic N) is 2. The molecule has 0 radical (unpaired) electrons. The van der Waals surface area contributed by atoms with Gasteiger partial charge in [0.1, 0.15) is 11.4 Å². The molecule has 3 heterocycles. The van der Waals surface area contributed by atoms with Crippen molar-refractivity contribution in [1.29, 1.82) is 0 Å². The van der Waals surface area contributed by atoms with Gasteiger partial charge in [-0.05, 0) is 32.9 Å². The summed E-state index contributed by atoms with van der Waals surface area (Å²) >= 11 is 3.02. The predicted octanol–water partition coefficient (Wildman–Crippen LogP) is 2.14. The van der Waals surface area contributed by atoms with Crippen molar-refractivity contribution in [3.05, 3.63) is 39.1 Å². The number of nitrogens with one attached hydrogen (secondary N) is 2. The molecule has 9 heteroatoms. The van der Waals surface area contributed by atoms with Gasteiger partial charge in [0, 0.05) is 26.7 Å². The third-order valence-electron chi connectivity index (χ3n) is 3.78. The molecule has 3 aromatic heterocycles. The van der Waals surface area contributed by atoms with Crippen LogP contribution in [0.1, 0.15) is 18.7 Å². The molecule has 0 aliphatic rings. The largest absolute Gasteiger partial charge is 0.352 e. The topological polar surface area (TPSA) is 93.1 Å². The van der Waals surface area contributed by atoms with E-state index in [1.54, 1.807) is 11.3 Å². The average Bonchev–Trinajstić information content (AvgIpc) is 3.21. The number of hydrogen-bond acceptors (Lipinski definition) is 6. The molecule has 0 bridgehead atoms. The Morgan fingerprint density at radius 3 is 2.70 bits per heavy atom. The monoisotopic (exact) mass is 404 g/mol. The summed E-state index contributed by atoms with van der Waals surface area (Å²) in [4.78, 5) is 43.7. The lowest BCUT2D eigenvalue weighted by Gasteiger charge is -2.10. The maximum atomic E-state index is 12.9. The zero-order valence-corrected chi connectivity index (χ0v) is 16.9. The molecule has 3 rings (SSSR count). The van der Waals surface area contributed by atoms with E-state index >= 15 is 0 Å². The summed E-state index contributed by atoms with van der Waals surface area (Å²) in [5, 5.41) is 7.66. The number of thiophene rings is 2. The first-order valence-corrected chi connectivity index (χ1v) is 10.1. The number of hydrogen-bond donors (Lipinski definition) is 2. The number of aromatic nitrogens is 2. The molecule has 142 valence electrons. The first-order valence-electron chi connectivity index (χ1n) is 8.44. The minimum atomic E-state index is -0.416. The van der Waals surface area contributed by atoms with Crippen LogP contribution >= 0.6 is 22.7 Å². The third kappa shape index (κ3) is 4.42. The summed E-state index contributed by atoms with van der Waals surface area (Å²) in [6.07, 6.45) is 1.37. The van der Waals surface area contributed by atoms with Crippen LogP contribution in [0.3, 0.4) is 0 Å². The second-order valence-corrected chi connectivity index (χ2v) is 8.56. The van der Waals surface area contributed by atoms with Crippen molar-refractivity contribution in [3.63, 3.8) is 0 Å². The molecule has 0 aromatic carbocycles. The molecule has 3 aromatic rings. The van der Waals surface area contributed by atoms with Crippen molar-refractivity contribution in [2.75, 3.05) is 6.54 Å². The summed E-state index contributed by atoms with van der Waals surface area (Å²) in [6, 6.07) is 3.99. The van der Waals surface area contributed by atoms with Crippen LogP contribution in [0, 0.1) is 6.92 Å². The van der Waals surface area contributed by atoms with Crippen molar-refractivity contribution < 1.29 is 9.59 Å². The molecule has 27 heavy (non-hydrogen) atoms. The Balaban J connectivity index is 1.80. The molecular weight excluding hydrogens is 384 g/mol. The number of aryl methyl sites for hydroxylation is 1. The summed E-state index contributed by atoms with van der Waals surface area (Å²) in [6.45, 7) is 5.38. The normalized spacial score (nSPS) is 11.1. The molecule has 0 atom stereocenters. The van der Waals surface area contributed by atoms with Gasteiger partial charge in [-0.1, -0.05) is 0 Å². The van der Waals surface area contributed by atoms with Crippen LogP contribution in [0.2, 0.25) is 0 Å². The van der Waals surface area contributed by atoms with Gasteiger partial charge in [0.05, 0.1) is 18.3 Å². The van der Waals surface area contributed by atoms with Gasteiger partial charge in [-0.15, -0.1) is 22.7 Å². The quantitative estimate of drug-likeness (QED) is 0.658. The maximum Gasteiger partial charge on any atom is 0.263 e. The summed E-state index contributed by atoms with van der Waals surface area (Å²) < 4.78 is 1.27. The number of amides is 2. The lowest BCUT2D eigenvalue weighted by atomic mass is 10.2. The molecule has 0 saturated heterocycles. The van der Waals surface area contributed by atoms with E-state index in [0.29, 0.717) is 10.2 Å². The maximum absolute atomic E-state index is 12.9. The molecule has 0 unspecified atom stereocenters. The molecule has 2 N–H and O–H groups in total. The van der Waals surface area contributed by atoms with Gasteiger partial charge in [0.25, 0.3) is 5.56 Å². The zero-order chi connectivity index (χ0) is 19.6. The van der Waals surface area contributed by atoms with Crippen LogP contribution in [0.5, 0.6) is 0 Å². The lowest BCUT2D eigenvalue weighted by molar-refractivity contribution is -0.126. The highest BCUT2D eigenvalue weighted by molar-refractivity contribution is 7.19. The van der Waals surface area contributed by atoms with E-state index in [1.807, 2.05) is 38.3 Å². The highest BCUT2D eigenvalue weighted by Gasteiger charge is 2.16. The molecule has 0 aliphatic heterocycles. The third-order valence-corrected chi connectivity index (χ3v) is 5.70. The average molecular weight is 405 g/mol. The Morgan fingerprint density at radius 1 is 1.26 bits per heavy atom. The van der Waals surface area contributed by atoms with Crippen molar-refractivity contribution in [2.45, 2.75) is 33.4 Å². The number of carbonyl (C=O) groups is 2. The molecule has 0 fully saturated rings. The molecule has 0 saturated carbocycles. The molecule has 0 spiro atoms. The summed E-state index contributed by atoms with van der Waals surface area (Å²) in [7, 11) is 0. The fourth-order valence-corrected chi connectivity index (χ4v) is 4.47. The smallest absolute Gasteiger partial charge is 0.263 e. The zero-order valence-electron chi connectivity index (χ0n) is 15.2. The van der Waals surface area contributed by atoms with Crippen molar-refractivity contribution in [1.82, 2.24) is 20.2 Å². The Morgan fingerprint density at radius 2 is 2.04 bits per heavy atom. The number of rotatable bonds is 6. The van der Waals surface area contributed by atoms with Crippen LogP contribution in [0.4, 0.5) is 0 Å². The van der Waals surface area contributed by atoms with Crippen molar-refractivity contribution >= 4 is 44.7 Å². The first kappa shape index (κ1) is 19.2. The van der Waals surface area contributed by atoms with Crippen LogP contribution in [0.25, 0.3) is 20.7 Å². The van der Waals surface area contributed by atoms with Crippen molar-refractivity contribution in [3.8, 4) is 10.4 Å². The van der Waals surface area contributed by atoms with E-state index in [1.165, 1.54) is 22.2 Å². The van der Waals surface area contributed by atoms with E-state index in [2.05, 4.69) is 15.6 Å². The molecular formula is C18H20N4O3S2. The number of carbonyl (C=O) groups excluding carboxylic acids is 2. The highest BCUT2D eigenvalue weighted by Crippen LogP contribution is 2.34. The minimum Gasteiger partial charge on any atom is -0.352 e. The minimum absolute atomic E-state index is 0.00142. The van der Waals surface area contributed by atoms with Gasteiger partial charge in [-0.2, -0.15) is 0 Å². The SMILES string of the molecule is Cc1ccc(-c2csc3ncn(CC(=O)NCC(=O)NC(C)C)c(=O)c23)s1. The second-order valence-electron chi connectivity index (χ2n) is 6.42. The van der Waals surface area contributed by atoms with Crippen LogP contribution in [-0.2, 0) is 16.1 Å². The van der Waals surface area contributed by atoms with Gasteiger partial charge >= 0.3 is 0 Å². The van der Waals surface area contributed by atoms with Gasteiger partial charge in [-0.3, -0.25) is 19.0 Å². The predicted molar refractivity (Wildman–Crippen MR) is 108 cm³/mol. The van der Waals surface area contributed by atoms with E-state index in [9.17, 15) is 14.4 Å². The van der Waals surface area contributed by atoms with Gasteiger partial charge in [0.2, 0.25) is 11.8 Å². The van der Waals surface area contributed by atoms with Gasteiger partial charge < -0.3 is 10.6 Å². The molecule has 7 nitrogen and oxygen atoms in total. The second kappa shape index (κ2) is 8.01. The van der Waals surface area contributed by atoms with Gasteiger partial charge in [0.15, 0.2) is 0 Å². The van der Waals surface area contributed by atoms with Crippen LogP contribution in [-0.4, -0.2) is 34.0 Å². The summed E-state index contributed by atoms with van der Waals surface area (Å²) in [5.74, 6) is -0.687. The summed E-state index contributed by atoms with van der Waals surface area (Å²) in [5.41, 5.74) is 0.584. The van der Waals surface area contributed by atoms with Gasteiger partial charge in [-0.25, -0.2) is 4.98 Å². The van der Waals surface area contributed by atoms with Crippen LogP contribution < -0.4 is 16.2 Å². The van der Waals surface area contributed by atoms with E-state index < -0.39 is 5.91 Å². The first-order chi connectivity index (χ1) is 12.8. The van der Waals surface area contributed by atoms with E-state index in [4.69, 9.17) is 0 Å². The molecule has 2 amide bonds. The Kier molecular flexibility index (Phi) is 5.71. The van der Waals surface area contributed by atoms with E-state index in [-0.39, 0.29) is 30.6 Å².